The first-order valence-corrected chi connectivity index (χ1v) is 9.10. The number of carbonyl (C=O) groups is 2. The number of esters is 1. The highest BCUT2D eigenvalue weighted by Gasteiger charge is 2.28. The Labute approximate surface area is 151 Å². The summed E-state index contributed by atoms with van der Waals surface area (Å²) in [5.74, 6) is -0.842. The van der Waals surface area contributed by atoms with E-state index in [4.69, 9.17) is 9.47 Å². The minimum absolute atomic E-state index is 0.0522. The van der Waals surface area contributed by atoms with Crippen molar-refractivity contribution in [2.75, 3.05) is 12.9 Å². The predicted molar refractivity (Wildman–Crippen MR) is 97.1 cm³/mol. The van der Waals surface area contributed by atoms with Crippen LogP contribution in [-0.4, -0.2) is 33.2 Å². The maximum Gasteiger partial charge on any atom is 0.322 e. The van der Waals surface area contributed by atoms with E-state index >= 15 is 0 Å². The molecule has 0 atom stereocenters. The molecule has 1 aliphatic rings. The summed E-state index contributed by atoms with van der Waals surface area (Å²) in [5.41, 5.74) is -0.141. The van der Waals surface area contributed by atoms with Gasteiger partial charge in [-0.25, -0.2) is 4.99 Å². The van der Waals surface area contributed by atoms with Crippen LogP contribution in [-0.2, 0) is 9.59 Å². The Kier molecular flexibility index (Phi) is 6.21. The van der Waals surface area contributed by atoms with Crippen LogP contribution in [0, 0.1) is 10.1 Å². The molecule has 8 nitrogen and oxygen atoms in total. The first-order chi connectivity index (χ1) is 11.9. The zero-order valence-corrected chi connectivity index (χ0v) is 15.2. The topological polar surface area (TPSA) is 108 Å². The number of nitrogens with zero attached hydrogens (tertiary/aromatic N) is 2. The van der Waals surface area contributed by atoms with Gasteiger partial charge in [0, 0.05) is 6.92 Å². The second kappa shape index (κ2) is 8.17. The number of rotatable bonds is 5. The summed E-state index contributed by atoms with van der Waals surface area (Å²) in [7, 11) is 0. The number of hydrogen-bond donors (Lipinski definition) is 0. The van der Waals surface area contributed by atoms with Crippen molar-refractivity contribution in [3.05, 3.63) is 33.5 Å². The number of hydrogen-bond acceptors (Lipinski definition) is 9. The van der Waals surface area contributed by atoms with Gasteiger partial charge in [-0.1, -0.05) is 0 Å². The molecule has 132 valence electrons. The van der Waals surface area contributed by atoms with E-state index in [9.17, 15) is 19.7 Å². The van der Waals surface area contributed by atoms with Crippen LogP contribution in [0.25, 0.3) is 6.08 Å². The highest BCUT2D eigenvalue weighted by atomic mass is 32.2. The molecule has 0 aromatic heterocycles. The highest BCUT2D eigenvalue weighted by Crippen LogP contribution is 2.41. The molecule has 0 unspecified atom stereocenters. The fourth-order valence-corrected chi connectivity index (χ4v) is 3.28. The van der Waals surface area contributed by atoms with Crippen molar-refractivity contribution in [3.63, 3.8) is 0 Å². The molecular weight excluding hydrogens is 368 g/mol. The lowest BCUT2D eigenvalue weighted by Gasteiger charge is -2.11. The van der Waals surface area contributed by atoms with Crippen LogP contribution in [0.3, 0.4) is 0 Å². The summed E-state index contributed by atoms with van der Waals surface area (Å²) < 4.78 is 10.9. The number of nitro benzene ring substituents is 1. The highest BCUT2D eigenvalue weighted by molar-refractivity contribution is 8.45. The Morgan fingerprint density at radius 3 is 2.72 bits per heavy atom. The number of aliphatic imine (C=N–C) groups is 1. The first-order valence-electron chi connectivity index (χ1n) is 7.06. The molecule has 1 heterocycles. The van der Waals surface area contributed by atoms with E-state index in [-0.39, 0.29) is 34.5 Å². The van der Waals surface area contributed by atoms with Gasteiger partial charge >= 0.3 is 11.7 Å². The van der Waals surface area contributed by atoms with Crippen LogP contribution in [0.15, 0.2) is 22.8 Å². The van der Waals surface area contributed by atoms with Gasteiger partial charge in [0.2, 0.25) is 10.9 Å². The van der Waals surface area contributed by atoms with E-state index < -0.39 is 16.6 Å². The van der Waals surface area contributed by atoms with Gasteiger partial charge in [0.05, 0.1) is 17.1 Å². The van der Waals surface area contributed by atoms with Crippen LogP contribution < -0.4 is 9.47 Å². The van der Waals surface area contributed by atoms with Crippen LogP contribution in [0.1, 0.15) is 19.4 Å². The molecule has 10 heteroatoms. The Balaban J connectivity index is 2.61. The van der Waals surface area contributed by atoms with Crippen molar-refractivity contribution < 1.29 is 24.0 Å². The molecule has 0 spiro atoms. The Morgan fingerprint density at radius 2 is 2.20 bits per heavy atom. The van der Waals surface area contributed by atoms with Crippen molar-refractivity contribution in [3.8, 4) is 11.5 Å². The smallest absolute Gasteiger partial charge is 0.322 e. The first kappa shape index (κ1) is 19.0. The minimum atomic E-state index is -0.643. The molecule has 0 saturated carbocycles. The number of nitro groups is 1. The normalized spacial score (nSPS) is 15.2. The molecular formula is C15H14N2O6S2. The predicted octanol–water partition coefficient (Wildman–Crippen LogP) is 3.25. The Hall–Kier alpha value is -2.33. The summed E-state index contributed by atoms with van der Waals surface area (Å²) in [4.78, 5) is 38.2. The second-order valence-electron chi connectivity index (χ2n) is 4.62. The minimum Gasteiger partial charge on any atom is -0.485 e. The lowest BCUT2D eigenvalue weighted by molar-refractivity contribution is -0.386. The maximum absolute atomic E-state index is 11.9. The largest absolute Gasteiger partial charge is 0.485 e. The number of ether oxygens (including phenoxy) is 2. The number of thioether (sulfide) groups is 2. The van der Waals surface area contributed by atoms with Gasteiger partial charge in [-0.2, -0.15) is 0 Å². The fourth-order valence-electron chi connectivity index (χ4n) is 2.02. The lowest BCUT2D eigenvalue weighted by atomic mass is 10.1. The molecule has 0 N–H and O–H groups in total. The summed E-state index contributed by atoms with van der Waals surface area (Å²) >= 11 is 2.29. The average molecular weight is 382 g/mol. The van der Waals surface area contributed by atoms with Gasteiger partial charge in [-0.3, -0.25) is 19.7 Å². The van der Waals surface area contributed by atoms with Gasteiger partial charge < -0.3 is 9.47 Å². The average Bonchev–Trinajstić information content (AvgIpc) is 2.89. The van der Waals surface area contributed by atoms with Crippen LogP contribution in [0.2, 0.25) is 0 Å². The fraction of sp³-hybridized carbons (Fsp3) is 0.267. The zero-order valence-electron chi connectivity index (χ0n) is 13.6. The van der Waals surface area contributed by atoms with Crippen LogP contribution in [0.5, 0.6) is 11.5 Å². The third-order valence-electron chi connectivity index (χ3n) is 2.92. The molecule has 1 aromatic rings. The SMILES string of the molecule is CCOc1c(OC(C)=O)ccc(C=C2N=C(SC)SC2=O)c1[N+](=O)[O-]. The quantitative estimate of drug-likeness (QED) is 0.251. The van der Waals surface area contributed by atoms with Crippen molar-refractivity contribution in [2.24, 2.45) is 4.99 Å². The monoisotopic (exact) mass is 382 g/mol. The molecule has 2 rings (SSSR count). The lowest BCUT2D eigenvalue weighted by Crippen LogP contribution is -2.07. The molecule has 0 amide bonds. The molecule has 0 radical (unpaired) electrons. The standard InChI is InChI=1S/C15H14N2O6S2/c1-4-22-13-11(23-8(2)18)6-5-9(12(13)17(20)21)7-10-14(19)25-15(16-10)24-3/h5-7H,4H2,1-3H3. The molecule has 25 heavy (non-hydrogen) atoms. The van der Waals surface area contributed by atoms with E-state index in [1.807, 2.05) is 0 Å². The van der Waals surface area contributed by atoms with Gasteiger partial charge in [-0.15, -0.1) is 11.8 Å². The number of benzene rings is 1. The summed E-state index contributed by atoms with van der Waals surface area (Å²) in [6.07, 6.45) is 3.11. The maximum atomic E-state index is 11.9. The summed E-state index contributed by atoms with van der Waals surface area (Å²) in [5, 5.41) is 11.3. The van der Waals surface area contributed by atoms with Gasteiger partial charge in [0.25, 0.3) is 0 Å². The van der Waals surface area contributed by atoms with E-state index in [1.54, 1.807) is 13.2 Å². The number of carbonyl (C=O) groups excluding carboxylic acids is 2. The second-order valence-corrected chi connectivity index (χ2v) is 6.63. The van der Waals surface area contributed by atoms with E-state index in [0.717, 1.165) is 11.8 Å². The van der Waals surface area contributed by atoms with E-state index in [2.05, 4.69) is 4.99 Å². The van der Waals surface area contributed by atoms with Crippen LogP contribution in [0.4, 0.5) is 5.69 Å². The summed E-state index contributed by atoms with van der Waals surface area (Å²) in [6, 6.07) is 2.77. The van der Waals surface area contributed by atoms with Gasteiger partial charge in [0.1, 0.15) is 10.1 Å². The van der Waals surface area contributed by atoms with Crippen molar-refractivity contribution in [1.82, 2.24) is 0 Å². The van der Waals surface area contributed by atoms with Crippen molar-refractivity contribution >= 4 is 50.7 Å². The van der Waals surface area contributed by atoms with E-state index in [0.29, 0.717) is 4.38 Å². The zero-order chi connectivity index (χ0) is 18.6. The molecule has 0 bridgehead atoms. The molecule has 0 fully saturated rings. The Morgan fingerprint density at radius 1 is 1.48 bits per heavy atom. The van der Waals surface area contributed by atoms with E-state index in [1.165, 1.54) is 36.9 Å². The van der Waals surface area contributed by atoms with Gasteiger partial charge in [0.15, 0.2) is 5.75 Å². The molecule has 1 aliphatic heterocycles. The van der Waals surface area contributed by atoms with Gasteiger partial charge in [-0.05, 0) is 43.2 Å². The van der Waals surface area contributed by atoms with Crippen LogP contribution >= 0.6 is 23.5 Å². The molecule has 0 saturated heterocycles. The summed E-state index contributed by atoms with van der Waals surface area (Å²) in [6.45, 7) is 2.97. The molecule has 1 aromatic carbocycles. The third kappa shape index (κ3) is 4.40. The third-order valence-corrected chi connectivity index (χ3v) is 4.77. The van der Waals surface area contributed by atoms with Crippen molar-refractivity contribution in [1.29, 1.82) is 0 Å². The molecule has 0 aliphatic carbocycles. The Bertz CT molecular complexity index is 803. The van der Waals surface area contributed by atoms with Crippen molar-refractivity contribution in [2.45, 2.75) is 13.8 Å².